The molecule has 2 aromatic carbocycles. The zero-order chi connectivity index (χ0) is 20.7. The smallest absolute Gasteiger partial charge is 0.287 e. The van der Waals surface area contributed by atoms with Crippen LogP contribution >= 0.6 is 11.8 Å². The lowest BCUT2D eigenvalue weighted by molar-refractivity contribution is -0.115. The molecule has 1 saturated heterocycles. The molecule has 152 valence electrons. The van der Waals surface area contributed by atoms with Crippen molar-refractivity contribution in [3.63, 3.8) is 0 Å². The standard InChI is InChI=1S/C23H20FN3O2S/c24-16-10-8-15(9-11-16)14-27-18-7-3-2-6-17(18)19(22(27)29)20-21(28)25-23(30-20)26-12-4-1-5-13-26/h2-3,6-11H,1,4-5,12-14H2/b20-19-. The van der Waals surface area contributed by atoms with Crippen molar-refractivity contribution in [2.45, 2.75) is 25.8 Å². The molecule has 0 unspecified atom stereocenters. The number of likely N-dealkylation sites (tertiary alicyclic amines) is 1. The van der Waals surface area contributed by atoms with Crippen LogP contribution in [-0.2, 0) is 16.1 Å². The number of aliphatic imine (C=N–C) groups is 1. The number of thioether (sulfide) groups is 1. The molecule has 0 radical (unpaired) electrons. The maximum atomic E-state index is 13.4. The molecule has 3 aliphatic rings. The highest BCUT2D eigenvalue weighted by Crippen LogP contribution is 2.44. The lowest BCUT2D eigenvalue weighted by Crippen LogP contribution is -2.33. The van der Waals surface area contributed by atoms with Gasteiger partial charge in [0.15, 0.2) is 5.17 Å². The van der Waals surface area contributed by atoms with Crippen molar-refractivity contribution in [3.8, 4) is 0 Å². The molecular formula is C23H20FN3O2S. The van der Waals surface area contributed by atoms with Gasteiger partial charge in [0.25, 0.3) is 11.8 Å². The van der Waals surface area contributed by atoms with E-state index in [1.807, 2.05) is 24.3 Å². The summed E-state index contributed by atoms with van der Waals surface area (Å²) in [5.74, 6) is -0.876. The number of carbonyl (C=O) groups excluding carboxylic acids is 2. The van der Waals surface area contributed by atoms with E-state index in [1.54, 1.807) is 17.0 Å². The molecule has 0 spiro atoms. The molecule has 0 saturated carbocycles. The third-order valence-electron chi connectivity index (χ3n) is 5.62. The summed E-state index contributed by atoms with van der Waals surface area (Å²) in [6, 6.07) is 13.6. The van der Waals surface area contributed by atoms with Gasteiger partial charge in [-0.3, -0.25) is 9.59 Å². The Kier molecular flexibility index (Phi) is 4.90. The number of hydrogen-bond donors (Lipinski definition) is 0. The second-order valence-corrected chi connectivity index (χ2v) is 8.57. The van der Waals surface area contributed by atoms with E-state index in [9.17, 15) is 14.0 Å². The first-order valence-corrected chi connectivity index (χ1v) is 10.9. The molecule has 5 nitrogen and oxygen atoms in total. The van der Waals surface area contributed by atoms with Gasteiger partial charge in [-0.05, 0) is 54.8 Å². The number of amidine groups is 1. The first-order valence-electron chi connectivity index (χ1n) is 10.1. The minimum atomic E-state index is -0.345. The van der Waals surface area contributed by atoms with Crippen molar-refractivity contribution in [1.29, 1.82) is 0 Å². The van der Waals surface area contributed by atoms with Crippen molar-refractivity contribution < 1.29 is 14.0 Å². The Morgan fingerprint density at radius 1 is 0.967 bits per heavy atom. The number of hydrogen-bond acceptors (Lipinski definition) is 4. The molecule has 0 N–H and O–H groups in total. The fourth-order valence-corrected chi connectivity index (χ4v) is 5.16. The van der Waals surface area contributed by atoms with E-state index in [2.05, 4.69) is 9.89 Å². The average molecular weight is 421 g/mol. The van der Waals surface area contributed by atoms with Gasteiger partial charge >= 0.3 is 0 Å². The second-order valence-electron chi connectivity index (χ2n) is 7.59. The summed E-state index contributed by atoms with van der Waals surface area (Å²) in [5.41, 5.74) is 2.74. The van der Waals surface area contributed by atoms with Gasteiger partial charge in [-0.15, -0.1) is 0 Å². The highest BCUT2D eigenvalue weighted by Gasteiger charge is 2.39. The molecule has 0 aromatic heterocycles. The lowest BCUT2D eigenvalue weighted by atomic mass is 10.1. The predicted molar refractivity (Wildman–Crippen MR) is 116 cm³/mol. The summed E-state index contributed by atoms with van der Waals surface area (Å²) in [4.78, 5) is 34.6. The SMILES string of the molecule is O=C1N=C(N2CCCCC2)S/C1=C1\C(=O)N(Cc2ccc(F)cc2)c2ccccc21. The number of anilines is 1. The normalized spacial score (nSPS) is 21.3. The van der Waals surface area contributed by atoms with E-state index in [0.29, 0.717) is 22.2 Å². The van der Waals surface area contributed by atoms with Gasteiger partial charge in [0.2, 0.25) is 0 Å². The Balaban J connectivity index is 1.49. The lowest BCUT2D eigenvalue weighted by Gasteiger charge is -2.27. The molecule has 30 heavy (non-hydrogen) atoms. The van der Waals surface area contributed by atoms with Crippen LogP contribution in [0, 0.1) is 5.82 Å². The summed E-state index contributed by atoms with van der Waals surface area (Å²) < 4.78 is 13.3. The fraction of sp³-hybridized carbons (Fsp3) is 0.261. The van der Waals surface area contributed by atoms with E-state index < -0.39 is 0 Å². The van der Waals surface area contributed by atoms with Crippen molar-refractivity contribution in [3.05, 3.63) is 70.4 Å². The Morgan fingerprint density at radius 2 is 1.70 bits per heavy atom. The van der Waals surface area contributed by atoms with Gasteiger partial charge in [-0.1, -0.05) is 30.3 Å². The van der Waals surface area contributed by atoms with Crippen LogP contribution < -0.4 is 4.90 Å². The van der Waals surface area contributed by atoms with Crippen LogP contribution in [0.2, 0.25) is 0 Å². The molecule has 5 rings (SSSR count). The molecule has 0 atom stereocenters. The van der Waals surface area contributed by atoms with E-state index in [4.69, 9.17) is 0 Å². The Morgan fingerprint density at radius 3 is 2.47 bits per heavy atom. The first-order chi connectivity index (χ1) is 14.6. The van der Waals surface area contributed by atoms with Crippen LogP contribution in [0.1, 0.15) is 30.4 Å². The van der Waals surface area contributed by atoms with Gasteiger partial charge in [0, 0.05) is 18.7 Å². The zero-order valence-electron chi connectivity index (χ0n) is 16.3. The number of nitrogens with zero attached hydrogens (tertiary/aromatic N) is 3. The van der Waals surface area contributed by atoms with Crippen molar-refractivity contribution in [2.75, 3.05) is 18.0 Å². The van der Waals surface area contributed by atoms with Gasteiger partial charge in [-0.25, -0.2) is 4.39 Å². The highest BCUT2D eigenvalue weighted by molar-refractivity contribution is 8.18. The predicted octanol–water partition coefficient (Wildman–Crippen LogP) is 4.20. The summed E-state index contributed by atoms with van der Waals surface area (Å²) in [5, 5.41) is 0.699. The number of halogens is 1. The number of fused-ring (bicyclic) bond motifs is 1. The average Bonchev–Trinajstić information content (AvgIpc) is 3.28. The van der Waals surface area contributed by atoms with Gasteiger partial charge in [0.05, 0.1) is 22.7 Å². The van der Waals surface area contributed by atoms with Crippen molar-refractivity contribution in [1.82, 2.24) is 4.90 Å². The molecule has 1 fully saturated rings. The third-order valence-corrected chi connectivity index (χ3v) is 6.73. The van der Waals surface area contributed by atoms with Crippen LogP contribution in [-0.4, -0.2) is 35.0 Å². The van der Waals surface area contributed by atoms with Crippen molar-refractivity contribution >= 4 is 40.0 Å². The van der Waals surface area contributed by atoms with Crippen LogP contribution in [0.5, 0.6) is 0 Å². The van der Waals surface area contributed by atoms with Crippen LogP contribution in [0.15, 0.2) is 58.4 Å². The summed E-state index contributed by atoms with van der Waals surface area (Å²) in [6.45, 7) is 2.09. The minimum absolute atomic E-state index is 0.216. The number of para-hydroxylation sites is 1. The monoisotopic (exact) mass is 421 g/mol. The highest BCUT2D eigenvalue weighted by atomic mass is 32.2. The fourth-order valence-electron chi connectivity index (χ4n) is 4.10. The summed E-state index contributed by atoms with van der Waals surface area (Å²) in [6.07, 6.45) is 3.38. The Labute approximate surface area is 178 Å². The Bertz CT molecular complexity index is 1090. The number of amides is 2. The molecule has 0 aliphatic carbocycles. The van der Waals surface area contributed by atoms with Gasteiger partial charge in [-0.2, -0.15) is 4.99 Å². The number of benzene rings is 2. The number of rotatable bonds is 2. The molecule has 0 bridgehead atoms. The largest absolute Gasteiger partial charge is 0.351 e. The minimum Gasteiger partial charge on any atom is -0.351 e. The van der Waals surface area contributed by atoms with E-state index >= 15 is 0 Å². The van der Waals surface area contributed by atoms with E-state index in [0.717, 1.165) is 42.7 Å². The van der Waals surface area contributed by atoms with Crippen LogP contribution in [0.4, 0.5) is 10.1 Å². The molecule has 3 aliphatic heterocycles. The van der Waals surface area contributed by atoms with Gasteiger partial charge in [0.1, 0.15) is 5.82 Å². The molecular weight excluding hydrogens is 401 g/mol. The number of carbonyl (C=O) groups is 2. The summed E-state index contributed by atoms with van der Waals surface area (Å²) in [7, 11) is 0. The van der Waals surface area contributed by atoms with Gasteiger partial charge < -0.3 is 9.80 Å². The molecule has 2 amide bonds. The van der Waals surface area contributed by atoms with E-state index in [1.165, 1.54) is 30.3 Å². The quantitative estimate of drug-likeness (QED) is 0.682. The molecule has 3 heterocycles. The Hall–Kier alpha value is -2.93. The summed E-state index contributed by atoms with van der Waals surface area (Å²) >= 11 is 1.31. The topological polar surface area (TPSA) is 53.0 Å². The molecule has 2 aromatic rings. The van der Waals surface area contributed by atoms with E-state index in [-0.39, 0.29) is 17.6 Å². The van der Waals surface area contributed by atoms with Crippen LogP contribution in [0.25, 0.3) is 5.57 Å². The van der Waals surface area contributed by atoms with Crippen molar-refractivity contribution in [2.24, 2.45) is 4.99 Å². The number of piperidine rings is 1. The van der Waals surface area contributed by atoms with Crippen LogP contribution in [0.3, 0.4) is 0 Å². The second kappa shape index (κ2) is 7.72. The maximum absolute atomic E-state index is 13.4. The molecule has 7 heteroatoms. The zero-order valence-corrected chi connectivity index (χ0v) is 17.1. The first kappa shape index (κ1) is 19.1. The maximum Gasteiger partial charge on any atom is 0.287 e. The third kappa shape index (κ3) is 3.33.